The smallest absolute Gasteiger partial charge is 0.230 e. The minimum Gasteiger partial charge on any atom is -0.339 e. The average molecular weight is 326 g/mol. The molecule has 3 rings (SSSR count). The molecule has 2 aromatic rings. The Kier molecular flexibility index (Phi) is 3.36. The Morgan fingerprint density at radius 1 is 1.32 bits per heavy atom. The van der Waals surface area contributed by atoms with Crippen molar-refractivity contribution in [2.75, 3.05) is 0 Å². The molecule has 1 heterocycles. The lowest BCUT2D eigenvalue weighted by atomic mass is 10.1. The summed E-state index contributed by atoms with van der Waals surface area (Å²) in [4.78, 5) is 4.36. The van der Waals surface area contributed by atoms with Gasteiger partial charge in [-0.2, -0.15) is 4.98 Å². The molecule has 1 aliphatic carbocycles. The number of nitrogens with zero attached hydrogens (tertiary/aromatic N) is 2. The Morgan fingerprint density at radius 2 is 2.16 bits per heavy atom. The molecule has 1 fully saturated rings. The van der Waals surface area contributed by atoms with Gasteiger partial charge in [0.15, 0.2) is 0 Å². The lowest BCUT2D eigenvalue weighted by Gasteiger charge is -2.01. The number of rotatable bonds is 2. The zero-order valence-electron chi connectivity index (χ0n) is 10.1. The first-order chi connectivity index (χ1) is 9.11. The number of halogens is 2. The van der Waals surface area contributed by atoms with Crippen molar-refractivity contribution in [1.82, 2.24) is 10.1 Å². The van der Waals surface area contributed by atoms with Crippen LogP contribution < -0.4 is 5.73 Å². The number of hydrogen-bond acceptors (Lipinski definition) is 4. The van der Waals surface area contributed by atoms with Gasteiger partial charge in [0.1, 0.15) is 5.82 Å². The van der Waals surface area contributed by atoms with Crippen molar-refractivity contribution in [2.24, 2.45) is 5.73 Å². The molecule has 6 heteroatoms. The molecule has 2 N–H and O–H groups in total. The van der Waals surface area contributed by atoms with Crippen LogP contribution in [0, 0.1) is 5.82 Å². The molecule has 0 bridgehead atoms. The van der Waals surface area contributed by atoms with Gasteiger partial charge < -0.3 is 10.3 Å². The van der Waals surface area contributed by atoms with Gasteiger partial charge in [0.2, 0.25) is 11.7 Å². The third kappa shape index (κ3) is 2.69. The van der Waals surface area contributed by atoms with Gasteiger partial charge in [-0.15, -0.1) is 0 Å². The standard InChI is InChI=1S/C13H13BrFN3O/c14-9-3-8(4-10(15)6-9)12-17-13(19-18-12)7-1-2-11(16)5-7/h3-4,6-7,11H,1-2,5,16H2. The summed E-state index contributed by atoms with van der Waals surface area (Å²) in [5, 5.41) is 3.92. The number of hydrogen-bond donors (Lipinski definition) is 1. The first-order valence-electron chi connectivity index (χ1n) is 6.17. The summed E-state index contributed by atoms with van der Waals surface area (Å²) in [6.45, 7) is 0. The van der Waals surface area contributed by atoms with Gasteiger partial charge in [-0.3, -0.25) is 0 Å². The molecule has 1 aliphatic rings. The molecule has 1 saturated carbocycles. The van der Waals surface area contributed by atoms with Crippen LogP contribution in [0.2, 0.25) is 0 Å². The van der Waals surface area contributed by atoms with E-state index in [1.165, 1.54) is 12.1 Å². The summed E-state index contributed by atoms with van der Waals surface area (Å²) in [5.74, 6) is 0.908. The third-order valence-electron chi connectivity index (χ3n) is 3.38. The molecular formula is C13H13BrFN3O. The summed E-state index contributed by atoms with van der Waals surface area (Å²) in [6, 6.07) is 4.75. The van der Waals surface area contributed by atoms with Gasteiger partial charge in [0.25, 0.3) is 0 Å². The molecule has 1 aromatic heterocycles. The topological polar surface area (TPSA) is 64.9 Å². The van der Waals surface area contributed by atoms with Crippen LogP contribution in [0.4, 0.5) is 4.39 Å². The Labute approximate surface area is 118 Å². The number of nitrogens with two attached hydrogens (primary N) is 1. The molecule has 2 atom stereocenters. The molecule has 19 heavy (non-hydrogen) atoms. The summed E-state index contributed by atoms with van der Waals surface area (Å²) in [6.07, 6.45) is 2.82. The first-order valence-corrected chi connectivity index (χ1v) is 6.97. The molecule has 2 unspecified atom stereocenters. The molecule has 1 aromatic carbocycles. The maximum Gasteiger partial charge on any atom is 0.230 e. The van der Waals surface area contributed by atoms with E-state index in [0.717, 1.165) is 19.3 Å². The molecular weight excluding hydrogens is 313 g/mol. The van der Waals surface area contributed by atoms with Crippen molar-refractivity contribution >= 4 is 15.9 Å². The highest BCUT2D eigenvalue weighted by Gasteiger charge is 2.28. The zero-order chi connectivity index (χ0) is 13.4. The fraction of sp³-hybridized carbons (Fsp3) is 0.385. The molecule has 0 amide bonds. The van der Waals surface area contributed by atoms with Crippen LogP contribution in [0.15, 0.2) is 27.2 Å². The first kappa shape index (κ1) is 12.7. The van der Waals surface area contributed by atoms with E-state index in [4.69, 9.17) is 10.3 Å². The Balaban J connectivity index is 1.88. The van der Waals surface area contributed by atoms with Crippen molar-refractivity contribution in [2.45, 2.75) is 31.2 Å². The summed E-state index contributed by atoms with van der Waals surface area (Å²) in [5.41, 5.74) is 6.48. The highest BCUT2D eigenvalue weighted by Crippen LogP contribution is 2.33. The van der Waals surface area contributed by atoms with E-state index >= 15 is 0 Å². The second-order valence-corrected chi connectivity index (χ2v) is 5.80. The minimum absolute atomic E-state index is 0.212. The zero-order valence-corrected chi connectivity index (χ0v) is 11.7. The van der Waals surface area contributed by atoms with E-state index in [2.05, 4.69) is 26.1 Å². The SMILES string of the molecule is NC1CCC(c2nc(-c3cc(F)cc(Br)c3)no2)C1. The monoisotopic (exact) mass is 325 g/mol. The third-order valence-corrected chi connectivity index (χ3v) is 3.84. The van der Waals surface area contributed by atoms with Crippen LogP contribution in [0.1, 0.15) is 31.1 Å². The Hall–Kier alpha value is -1.27. The molecule has 4 nitrogen and oxygen atoms in total. The maximum atomic E-state index is 13.3. The molecule has 0 spiro atoms. The van der Waals surface area contributed by atoms with Crippen LogP contribution in [0.25, 0.3) is 11.4 Å². The molecule has 100 valence electrons. The fourth-order valence-corrected chi connectivity index (χ4v) is 2.91. The lowest BCUT2D eigenvalue weighted by Crippen LogP contribution is -2.14. The summed E-state index contributed by atoms with van der Waals surface area (Å²) >= 11 is 3.25. The van der Waals surface area contributed by atoms with Crippen molar-refractivity contribution in [3.8, 4) is 11.4 Å². The van der Waals surface area contributed by atoms with Gasteiger partial charge in [-0.25, -0.2) is 4.39 Å². The minimum atomic E-state index is -0.335. The molecule has 0 saturated heterocycles. The van der Waals surface area contributed by atoms with Crippen molar-refractivity contribution in [1.29, 1.82) is 0 Å². The second-order valence-electron chi connectivity index (χ2n) is 4.88. The number of aromatic nitrogens is 2. The van der Waals surface area contributed by atoms with Gasteiger partial charge in [-0.1, -0.05) is 21.1 Å². The quantitative estimate of drug-likeness (QED) is 0.920. The van der Waals surface area contributed by atoms with E-state index in [9.17, 15) is 4.39 Å². The van der Waals surface area contributed by atoms with Crippen LogP contribution in [0.3, 0.4) is 0 Å². The highest BCUT2D eigenvalue weighted by atomic mass is 79.9. The van der Waals surface area contributed by atoms with E-state index in [0.29, 0.717) is 21.8 Å². The van der Waals surface area contributed by atoms with Crippen LogP contribution in [-0.4, -0.2) is 16.2 Å². The van der Waals surface area contributed by atoms with Crippen LogP contribution in [0.5, 0.6) is 0 Å². The maximum absolute atomic E-state index is 13.3. The predicted molar refractivity (Wildman–Crippen MR) is 72.0 cm³/mol. The van der Waals surface area contributed by atoms with E-state index in [-0.39, 0.29) is 17.8 Å². The van der Waals surface area contributed by atoms with Gasteiger partial charge in [-0.05, 0) is 37.5 Å². The molecule has 0 aliphatic heterocycles. The number of benzene rings is 1. The van der Waals surface area contributed by atoms with Gasteiger partial charge in [0.05, 0.1) is 0 Å². The summed E-state index contributed by atoms with van der Waals surface area (Å²) < 4.78 is 19.3. The van der Waals surface area contributed by atoms with E-state index in [1.807, 2.05) is 0 Å². The second kappa shape index (κ2) is 5.02. The normalized spacial score (nSPS) is 22.9. The molecule has 0 radical (unpaired) electrons. The predicted octanol–water partition coefficient (Wildman–Crippen LogP) is 3.23. The van der Waals surface area contributed by atoms with Crippen LogP contribution in [-0.2, 0) is 0 Å². The van der Waals surface area contributed by atoms with Gasteiger partial charge in [0, 0.05) is 22.0 Å². The lowest BCUT2D eigenvalue weighted by molar-refractivity contribution is 0.353. The van der Waals surface area contributed by atoms with Gasteiger partial charge >= 0.3 is 0 Å². The summed E-state index contributed by atoms with van der Waals surface area (Å²) in [7, 11) is 0. The highest BCUT2D eigenvalue weighted by molar-refractivity contribution is 9.10. The van der Waals surface area contributed by atoms with E-state index in [1.54, 1.807) is 6.07 Å². The van der Waals surface area contributed by atoms with Crippen LogP contribution >= 0.6 is 15.9 Å². The van der Waals surface area contributed by atoms with Crippen molar-refractivity contribution in [3.05, 3.63) is 34.4 Å². The average Bonchev–Trinajstić information content (AvgIpc) is 2.95. The van der Waals surface area contributed by atoms with E-state index < -0.39 is 0 Å². The fourth-order valence-electron chi connectivity index (χ4n) is 2.44. The largest absolute Gasteiger partial charge is 0.339 e. The Bertz CT molecular complexity index is 581. The van der Waals surface area contributed by atoms with Crippen molar-refractivity contribution in [3.63, 3.8) is 0 Å². The Morgan fingerprint density at radius 3 is 2.84 bits per heavy atom. The van der Waals surface area contributed by atoms with Crippen molar-refractivity contribution < 1.29 is 8.91 Å².